The number of piperidine rings is 1. The van der Waals surface area contributed by atoms with E-state index in [0.29, 0.717) is 26.1 Å². The van der Waals surface area contributed by atoms with Crippen molar-refractivity contribution in [3.8, 4) is 5.75 Å². The number of fused-ring (bicyclic) bond motifs is 1. The van der Waals surface area contributed by atoms with E-state index in [1.807, 2.05) is 36.4 Å². The van der Waals surface area contributed by atoms with Crippen molar-refractivity contribution in [3.63, 3.8) is 0 Å². The quantitative estimate of drug-likeness (QED) is 0.778. The first-order chi connectivity index (χ1) is 12.7. The summed E-state index contributed by atoms with van der Waals surface area (Å²) in [6.45, 7) is 1.64. The van der Waals surface area contributed by atoms with E-state index in [4.69, 9.17) is 15.5 Å². The van der Waals surface area contributed by atoms with Crippen LogP contribution in [0.1, 0.15) is 12.1 Å². The second-order valence-electron chi connectivity index (χ2n) is 6.59. The third-order valence-corrected chi connectivity index (χ3v) is 4.84. The van der Waals surface area contributed by atoms with E-state index in [-0.39, 0.29) is 0 Å². The molecule has 1 aliphatic rings. The summed E-state index contributed by atoms with van der Waals surface area (Å²) in [6, 6.07) is 11.3. The average molecular weight is 355 g/mol. The SMILES string of the molecule is COc1ccc(Cn2c(N3CC[C@@H](F)[C@H](N)C3)nc3ccccc32)nc1. The molecule has 1 saturated heterocycles. The maximum Gasteiger partial charge on any atom is 0.206 e. The first-order valence-electron chi connectivity index (χ1n) is 8.74. The fraction of sp³-hybridized carbons (Fsp3) is 0.368. The molecule has 2 N–H and O–H groups in total. The van der Waals surface area contributed by atoms with E-state index in [0.717, 1.165) is 28.4 Å². The highest BCUT2D eigenvalue weighted by Crippen LogP contribution is 2.26. The predicted molar refractivity (Wildman–Crippen MR) is 99.3 cm³/mol. The molecule has 7 heteroatoms. The number of halogens is 1. The summed E-state index contributed by atoms with van der Waals surface area (Å²) in [4.78, 5) is 11.3. The van der Waals surface area contributed by atoms with Crippen LogP contribution in [-0.4, -0.2) is 46.9 Å². The zero-order valence-corrected chi connectivity index (χ0v) is 14.7. The monoisotopic (exact) mass is 355 g/mol. The number of pyridine rings is 1. The first kappa shape index (κ1) is 16.8. The summed E-state index contributed by atoms with van der Waals surface area (Å²) in [5.41, 5.74) is 8.79. The van der Waals surface area contributed by atoms with Crippen LogP contribution in [0.15, 0.2) is 42.6 Å². The van der Waals surface area contributed by atoms with E-state index in [9.17, 15) is 4.39 Å². The molecule has 1 fully saturated rings. The number of nitrogens with zero attached hydrogens (tertiary/aromatic N) is 4. The third kappa shape index (κ3) is 3.10. The number of methoxy groups -OCH3 is 1. The standard InChI is InChI=1S/C19H22FN5O/c1-26-14-7-6-13(22-10-14)11-25-18-5-3-2-4-17(18)23-19(25)24-9-8-15(20)16(21)12-24/h2-7,10,15-16H,8-9,11-12,21H2,1H3/t15-,16-/m1/s1. The van der Waals surface area contributed by atoms with Crippen molar-refractivity contribution in [2.45, 2.75) is 25.2 Å². The molecule has 0 spiro atoms. The second-order valence-corrected chi connectivity index (χ2v) is 6.59. The van der Waals surface area contributed by atoms with Crippen molar-refractivity contribution in [2.24, 2.45) is 5.73 Å². The number of benzene rings is 1. The Kier molecular flexibility index (Phi) is 4.46. The van der Waals surface area contributed by atoms with Gasteiger partial charge in [-0.1, -0.05) is 12.1 Å². The molecule has 0 saturated carbocycles. The van der Waals surface area contributed by atoms with Crippen LogP contribution in [0.2, 0.25) is 0 Å². The van der Waals surface area contributed by atoms with E-state index in [2.05, 4.69) is 14.5 Å². The number of alkyl halides is 1. The van der Waals surface area contributed by atoms with E-state index < -0.39 is 12.2 Å². The minimum absolute atomic E-state index is 0.422. The van der Waals surface area contributed by atoms with Gasteiger partial charge in [-0.25, -0.2) is 9.37 Å². The fourth-order valence-corrected chi connectivity index (χ4v) is 3.38. The lowest BCUT2D eigenvalue weighted by atomic mass is 10.1. The lowest BCUT2D eigenvalue weighted by Gasteiger charge is -2.34. The van der Waals surface area contributed by atoms with Gasteiger partial charge in [0.1, 0.15) is 11.9 Å². The van der Waals surface area contributed by atoms with Gasteiger partial charge in [0.05, 0.1) is 42.6 Å². The molecule has 4 rings (SSSR count). The maximum atomic E-state index is 13.8. The van der Waals surface area contributed by atoms with Crippen LogP contribution in [0.3, 0.4) is 0 Å². The van der Waals surface area contributed by atoms with Gasteiger partial charge in [-0.3, -0.25) is 4.98 Å². The van der Waals surface area contributed by atoms with Crippen LogP contribution < -0.4 is 15.4 Å². The number of hydrogen-bond donors (Lipinski definition) is 1. The van der Waals surface area contributed by atoms with Gasteiger partial charge in [0, 0.05) is 13.1 Å². The molecule has 0 aliphatic carbocycles. The number of imidazole rings is 1. The maximum absolute atomic E-state index is 13.8. The molecule has 136 valence electrons. The van der Waals surface area contributed by atoms with Crippen molar-refractivity contribution < 1.29 is 9.13 Å². The molecule has 0 radical (unpaired) electrons. The average Bonchev–Trinajstić information content (AvgIpc) is 3.03. The molecule has 3 aromatic rings. The fourth-order valence-electron chi connectivity index (χ4n) is 3.38. The zero-order chi connectivity index (χ0) is 18.1. The van der Waals surface area contributed by atoms with Gasteiger partial charge < -0.3 is 19.9 Å². The highest BCUT2D eigenvalue weighted by molar-refractivity contribution is 5.79. The van der Waals surface area contributed by atoms with Gasteiger partial charge in [-0.2, -0.15) is 0 Å². The summed E-state index contributed by atoms with van der Waals surface area (Å²) in [7, 11) is 1.62. The Morgan fingerprint density at radius 3 is 2.85 bits per heavy atom. The molecule has 3 heterocycles. The van der Waals surface area contributed by atoms with Crippen molar-refractivity contribution >= 4 is 17.0 Å². The van der Waals surface area contributed by atoms with Crippen LogP contribution >= 0.6 is 0 Å². The van der Waals surface area contributed by atoms with Gasteiger partial charge in [0.15, 0.2) is 0 Å². The van der Waals surface area contributed by atoms with Crippen molar-refractivity contribution in [1.29, 1.82) is 0 Å². The minimum atomic E-state index is -0.952. The Bertz CT molecular complexity index is 895. The van der Waals surface area contributed by atoms with E-state index in [1.165, 1.54) is 0 Å². The highest BCUT2D eigenvalue weighted by Gasteiger charge is 2.29. The van der Waals surface area contributed by atoms with Gasteiger partial charge in [0.25, 0.3) is 0 Å². The summed E-state index contributed by atoms with van der Waals surface area (Å²) in [5.74, 6) is 1.53. The van der Waals surface area contributed by atoms with E-state index in [1.54, 1.807) is 13.3 Å². The number of rotatable bonds is 4. The molecule has 1 aromatic carbocycles. The van der Waals surface area contributed by atoms with Crippen molar-refractivity contribution in [2.75, 3.05) is 25.1 Å². The molecule has 26 heavy (non-hydrogen) atoms. The molecule has 0 bridgehead atoms. The number of ether oxygens (including phenoxy) is 1. The Labute approximate surface area is 151 Å². The molecule has 6 nitrogen and oxygen atoms in total. The Hall–Kier alpha value is -2.67. The molecule has 0 amide bonds. The molecular weight excluding hydrogens is 333 g/mol. The molecule has 2 atom stereocenters. The second kappa shape index (κ2) is 6.92. The number of hydrogen-bond acceptors (Lipinski definition) is 5. The Morgan fingerprint density at radius 1 is 1.27 bits per heavy atom. The summed E-state index contributed by atoms with van der Waals surface area (Å²) < 4.78 is 21.1. The van der Waals surface area contributed by atoms with Crippen LogP contribution in [-0.2, 0) is 6.54 Å². The number of para-hydroxylation sites is 2. The topological polar surface area (TPSA) is 69.2 Å². The smallest absolute Gasteiger partial charge is 0.206 e. The number of nitrogens with two attached hydrogens (primary N) is 1. The molecule has 2 aromatic heterocycles. The molecule has 1 aliphatic heterocycles. The predicted octanol–water partition coefficient (Wildman–Crippen LogP) is 2.36. The van der Waals surface area contributed by atoms with Crippen LogP contribution in [0.4, 0.5) is 10.3 Å². The van der Waals surface area contributed by atoms with Gasteiger partial charge in [-0.05, 0) is 30.7 Å². The van der Waals surface area contributed by atoms with Gasteiger partial charge in [0.2, 0.25) is 5.95 Å². The summed E-state index contributed by atoms with van der Waals surface area (Å²) in [6.07, 6.45) is 1.18. The number of anilines is 1. The third-order valence-electron chi connectivity index (χ3n) is 4.84. The molecule has 0 unspecified atom stereocenters. The Balaban J connectivity index is 1.71. The number of aromatic nitrogens is 3. The van der Waals surface area contributed by atoms with E-state index >= 15 is 0 Å². The van der Waals surface area contributed by atoms with Crippen molar-refractivity contribution in [3.05, 3.63) is 48.3 Å². The van der Waals surface area contributed by atoms with Gasteiger partial charge >= 0.3 is 0 Å². The van der Waals surface area contributed by atoms with Gasteiger partial charge in [-0.15, -0.1) is 0 Å². The lowest BCUT2D eigenvalue weighted by Crippen LogP contribution is -2.50. The minimum Gasteiger partial charge on any atom is -0.495 e. The summed E-state index contributed by atoms with van der Waals surface area (Å²) in [5, 5.41) is 0. The first-order valence-corrected chi connectivity index (χ1v) is 8.74. The highest BCUT2D eigenvalue weighted by atomic mass is 19.1. The summed E-state index contributed by atoms with van der Waals surface area (Å²) >= 11 is 0. The van der Waals surface area contributed by atoms with Crippen LogP contribution in [0.25, 0.3) is 11.0 Å². The molecular formula is C19H22FN5O. The van der Waals surface area contributed by atoms with Crippen LogP contribution in [0, 0.1) is 0 Å². The van der Waals surface area contributed by atoms with Crippen LogP contribution in [0.5, 0.6) is 5.75 Å². The Morgan fingerprint density at radius 2 is 2.12 bits per heavy atom. The lowest BCUT2D eigenvalue weighted by molar-refractivity contribution is 0.243. The normalized spacial score (nSPS) is 20.5. The largest absolute Gasteiger partial charge is 0.495 e. The van der Waals surface area contributed by atoms with Crippen molar-refractivity contribution in [1.82, 2.24) is 14.5 Å². The zero-order valence-electron chi connectivity index (χ0n) is 14.7.